The lowest BCUT2D eigenvalue weighted by Crippen LogP contribution is -2.56. The first-order chi connectivity index (χ1) is 9.26. The summed E-state index contributed by atoms with van der Waals surface area (Å²) < 4.78 is 0. The fraction of sp³-hybridized carbons (Fsp3) is 1.00. The van der Waals surface area contributed by atoms with Crippen molar-refractivity contribution in [2.75, 3.05) is 13.1 Å². The number of unbranched alkanes of at least 4 members (excludes halogenated alkanes) is 1. The van der Waals surface area contributed by atoms with E-state index in [-0.39, 0.29) is 0 Å². The zero-order valence-electron chi connectivity index (χ0n) is 12.9. The van der Waals surface area contributed by atoms with Crippen LogP contribution in [0.5, 0.6) is 0 Å². The molecule has 0 aromatic rings. The Kier molecular flexibility index (Phi) is 4.48. The monoisotopic (exact) mass is 264 g/mol. The average Bonchev–Trinajstić information content (AvgIpc) is 3.18. The molecule has 1 heterocycles. The molecule has 3 fully saturated rings. The second-order valence-electron chi connectivity index (χ2n) is 7.46. The third-order valence-corrected chi connectivity index (χ3v) is 5.62. The maximum absolute atomic E-state index is 3.91. The van der Waals surface area contributed by atoms with Crippen LogP contribution in [0.3, 0.4) is 0 Å². The molecule has 2 nitrogen and oxygen atoms in total. The molecule has 0 aromatic carbocycles. The van der Waals surface area contributed by atoms with Crippen molar-refractivity contribution in [3.63, 3.8) is 0 Å². The van der Waals surface area contributed by atoms with Crippen LogP contribution < -0.4 is 5.32 Å². The van der Waals surface area contributed by atoms with Crippen molar-refractivity contribution >= 4 is 0 Å². The second kappa shape index (κ2) is 6.13. The number of hydrogen-bond donors (Lipinski definition) is 1. The fourth-order valence-electron chi connectivity index (χ4n) is 4.11. The van der Waals surface area contributed by atoms with E-state index in [1.165, 1.54) is 64.5 Å². The lowest BCUT2D eigenvalue weighted by atomic mass is 9.77. The minimum Gasteiger partial charge on any atom is -0.310 e. The summed E-state index contributed by atoms with van der Waals surface area (Å²) >= 11 is 0. The molecule has 4 unspecified atom stereocenters. The smallest absolute Gasteiger partial charge is 0.0200 e. The summed E-state index contributed by atoms with van der Waals surface area (Å²) in [4.78, 5) is 2.85. The molecule has 3 rings (SSSR count). The Morgan fingerprint density at radius 2 is 1.89 bits per heavy atom. The molecule has 1 aliphatic heterocycles. The topological polar surface area (TPSA) is 15.3 Å². The molecule has 19 heavy (non-hydrogen) atoms. The van der Waals surface area contributed by atoms with Gasteiger partial charge in [-0.25, -0.2) is 0 Å². The van der Waals surface area contributed by atoms with Gasteiger partial charge >= 0.3 is 0 Å². The van der Waals surface area contributed by atoms with Crippen LogP contribution >= 0.6 is 0 Å². The van der Waals surface area contributed by atoms with Crippen molar-refractivity contribution in [1.82, 2.24) is 10.2 Å². The molecule has 0 spiro atoms. The minimum atomic E-state index is 0.788. The minimum absolute atomic E-state index is 0.788. The summed E-state index contributed by atoms with van der Waals surface area (Å²) in [5.41, 5.74) is 0. The lowest BCUT2D eigenvalue weighted by molar-refractivity contribution is 0.0205. The third-order valence-electron chi connectivity index (χ3n) is 5.62. The predicted octanol–water partition coefficient (Wildman–Crippen LogP) is 3.42. The van der Waals surface area contributed by atoms with Crippen molar-refractivity contribution in [3.05, 3.63) is 0 Å². The van der Waals surface area contributed by atoms with Crippen LogP contribution in [0.25, 0.3) is 0 Å². The van der Waals surface area contributed by atoms with Crippen LogP contribution in [0.4, 0.5) is 0 Å². The Morgan fingerprint density at radius 1 is 1.05 bits per heavy atom. The van der Waals surface area contributed by atoms with Crippen molar-refractivity contribution in [2.45, 2.75) is 83.3 Å². The molecule has 0 aromatic heterocycles. The largest absolute Gasteiger partial charge is 0.310 e. The zero-order valence-corrected chi connectivity index (χ0v) is 12.9. The fourth-order valence-corrected chi connectivity index (χ4v) is 4.11. The van der Waals surface area contributed by atoms with Crippen molar-refractivity contribution < 1.29 is 0 Å². The quantitative estimate of drug-likeness (QED) is 0.791. The maximum atomic E-state index is 3.91. The predicted molar refractivity (Wildman–Crippen MR) is 81.3 cm³/mol. The molecule has 0 bridgehead atoms. The Morgan fingerprint density at radius 3 is 2.47 bits per heavy atom. The van der Waals surface area contributed by atoms with Gasteiger partial charge in [0.2, 0.25) is 0 Å². The van der Waals surface area contributed by atoms with E-state index in [4.69, 9.17) is 0 Å². The van der Waals surface area contributed by atoms with Gasteiger partial charge in [-0.1, -0.05) is 26.7 Å². The number of rotatable bonds is 6. The Hall–Kier alpha value is -0.0800. The van der Waals surface area contributed by atoms with Gasteiger partial charge in [0.25, 0.3) is 0 Å². The van der Waals surface area contributed by atoms with Crippen molar-refractivity contribution in [3.8, 4) is 0 Å². The summed E-state index contributed by atoms with van der Waals surface area (Å²) in [6.07, 6.45) is 11.4. The first-order valence-corrected chi connectivity index (χ1v) is 8.76. The number of piperidine rings is 1. The summed E-state index contributed by atoms with van der Waals surface area (Å²) in [5, 5.41) is 3.91. The highest BCUT2D eigenvalue weighted by atomic mass is 15.2. The molecule has 2 heteroatoms. The molecule has 0 amide bonds. The summed E-state index contributed by atoms with van der Waals surface area (Å²) in [7, 11) is 0. The number of nitrogens with zero attached hydrogens (tertiary/aromatic N) is 1. The highest BCUT2D eigenvalue weighted by molar-refractivity contribution is 4.95. The van der Waals surface area contributed by atoms with Gasteiger partial charge in [0.15, 0.2) is 0 Å². The normalized spacial score (nSPS) is 40.1. The highest BCUT2D eigenvalue weighted by Crippen LogP contribution is 2.35. The van der Waals surface area contributed by atoms with Crippen LogP contribution in [-0.2, 0) is 0 Å². The molecule has 4 atom stereocenters. The Balaban J connectivity index is 1.55. The van der Waals surface area contributed by atoms with Crippen LogP contribution in [0.2, 0.25) is 0 Å². The summed E-state index contributed by atoms with van der Waals surface area (Å²) in [5.74, 6) is 1.91. The zero-order chi connectivity index (χ0) is 13.2. The highest BCUT2D eigenvalue weighted by Gasteiger charge is 2.38. The average molecular weight is 264 g/mol. The SMILES string of the molecule is CCCCC1CC(NC2CC2)CN(C2CCC2C)C1. The van der Waals surface area contributed by atoms with Gasteiger partial charge in [0.05, 0.1) is 0 Å². The number of nitrogens with one attached hydrogen (secondary N) is 1. The van der Waals surface area contributed by atoms with Gasteiger partial charge in [-0.2, -0.15) is 0 Å². The molecule has 1 saturated heterocycles. The van der Waals surface area contributed by atoms with E-state index in [0.29, 0.717) is 0 Å². The third kappa shape index (κ3) is 3.52. The Bertz CT molecular complexity index is 287. The van der Waals surface area contributed by atoms with Crippen LogP contribution in [-0.4, -0.2) is 36.1 Å². The first kappa shape index (κ1) is 13.9. The van der Waals surface area contributed by atoms with Crippen molar-refractivity contribution in [2.24, 2.45) is 11.8 Å². The maximum Gasteiger partial charge on any atom is 0.0200 e. The Labute approximate surface area is 119 Å². The molecule has 2 aliphatic carbocycles. The van der Waals surface area contributed by atoms with Gasteiger partial charge in [0, 0.05) is 31.2 Å². The van der Waals surface area contributed by atoms with Gasteiger partial charge in [-0.15, -0.1) is 0 Å². The summed E-state index contributed by atoms with van der Waals surface area (Å²) in [6.45, 7) is 7.49. The molecule has 3 aliphatic rings. The van der Waals surface area contributed by atoms with Gasteiger partial charge in [-0.05, 0) is 50.4 Å². The van der Waals surface area contributed by atoms with E-state index < -0.39 is 0 Å². The van der Waals surface area contributed by atoms with Crippen LogP contribution in [0, 0.1) is 11.8 Å². The molecule has 110 valence electrons. The van der Waals surface area contributed by atoms with Gasteiger partial charge < -0.3 is 5.32 Å². The van der Waals surface area contributed by atoms with E-state index in [2.05, 4.69) is 24.1 Å². The molecule has 1 N–H and O–H groups in total. The van der Waals surface area contributed by atoms with Crippen LogP contribution in [0.15, 0.2) is 0 Å². The lowest BCUT2D eigenvalue weighted by Gasteiger charge is -2.48. The van der Waals surface area contributed by atoms with Gasteiger partial charge in [-0.3, -0.25) is 4.90 Å². The second-order valence-corrected chi connectivity index (χ2v) is 7.46. The van der Waals surface area contributed by atoms with E-state index in [1.54, 1.807) is 0 Å². The number of likely N-dealkylation sites (tertiary alicyclic amines) is 1. The van der Waals surface area contributed by atoms with Crippen LogP contribution in [0.1, 0.15) is 65.2 Å². The van der Waals surface area contributed by atoms with E-state index in [1.807, 2.05) is 0 Å². The molecular weight excluding hydrogens is 232 g/mol. The van der Waals surface area contributed by atoms with E-state index in [0.717, 1.165) is 30.0 Å². The standard InChI is InChI=1S/C17H32N2/c1-3-4-5-14-10-16(18-15-7-8-15)12-19(11-14)17-9-6-13(17)2/h13-18H,3-12H2,1-2H3. The van der Waals surface area contributed by atoms with Crippen molar-refractivity contribution in [1.29, 1.82) is 0 Å². The molecule has 0 radical (unpaired) electrons. The summed E-state index contributed by atoms with van der Waals surface area (Å²) in [6, 6.07) is 2.57. The molecule has 2 saturated carbocycles. The van der Waals surface area contributed by atoms with Gasteiger partial charge in [0.1, 0.15) is 0 Å². The van der Waals surface area contributed by atoms with E-state index >= 15 is 0 Å². The molecular formula is C17H32N2. The van der Waals surface area contributed by atoms with E-state index in [9.17, 15) is 0 Å². The first-order valence-electron chi connectivity index (χ1n) is 8.76. The number of hydrogen-bond acceptors (Lipinski definition) is 2.